The lowest BCUT2D eigenvalue weighted by Gasteiger charge is -2.05. The summed E-state index contributed by atoms with van der Waals surface area (Å²) in [6, 6.07) is 6.45. The van der Waals surface area contributed by atoms with Crippen LogP contribution in [0.4, 0.5) is 11.6 Å². The number of anilines is 1. The van der Waals surface area contributed by atoms with Crippen LogP contribution in [-0.2, 0) is 6.54 Å². The van der Waals surface area contributed by atoms with Gasteiger partial charge in [-0.25, -0.2) is 4.98 Å². The summed E-state index contributed by atoms with van der Waals surface area (Å²) >= 11 is 0. The van der Waals surface area contributed by atoms with Crippen LogP contribution in [0.1, 0.15) is 12.7 Å². The first-order valence-corrected chi connectivity index (χ1v) is 5.75. The van der Waals surface area contributed by atoms with Crippen molar-refractivity contribution in [1.29, 1.82) is 0 Å². The number of pyridine rings is 1. The number of nitrogens with one attached hydrogen (secondary N) is 1. The molecule has 7 heteroatoms. The number of hydrogen-bond donors (Lipinski definition) is 1. The van der Waals surface area contributed by atoms with Crippen molar-refractivity contribution in [3.05, 3.63) is 46.3 Å². The highest BCUT2D eigenvalue weighted by Crippen LogP contribution is 2.17. The average molecular weight is 263 g/mol. The molecular formula is C12H13N3O4. The SMILES string of the molecule is CCOc1ccc(NCc2ccc([N+](=O)[O-])o2)cn1. The summed E-state index contributed by atoms with van der Waals surface area (Å²) < 4.78 is 10.2. The Hall–Kier alpha value is -2.57. The lowest BCUT2D eigenvalue weighted by atomic mass is 10.4. The smallest absolute Gasteiger partial charge is 0.433 e. The lowest BCUT2D eigenvalue weighted by Crippen LogP contribution is -1.99. The van der Waals surface area contributed by atoms with Crippen molar-refractivity contribution in [1.82, 2.24) is 4.98 Å². The molecule has 0 saturated heterocycles. The predicted molar refractivity (Wildman–Crippen MR) is 68.1 cm³/mol. The molecule has 0 bridgehead atoms. The summed E-state index contributed by atoms with van der Waals surface area (Å²) in [4.78, 5) is 14.0. The van der Waals surface area contributed by atoms with Crippen molar-refractivity contribution >= 4 is 11.6 Å². The van der Waals surface area contributed by atoms with E-state index in [0.717, 1.165) is 5.69 Å². The van der Waals surface area contributed by atoms with E-state index in [1.165, 1.54) is 6.07 Å². The first kappa shape index (κ1) is 12.9. The van der Waals surface area contributed by atoms with Gasteiger partial charge in [0.1, 0.15) is 10.7 Å². The summed E-state index contributed by atoms with van der Waals surface area (Å²) in [7, 11) is 0. The van der Waals surface area contributed by atoms with Gasteiger partial charge in [0.2, 0.25) is 5.88 Å². The molecule has 2 rings (SSSR count). The standard InChI is InChI=1S/C12H13N3O4/c1-2-18-11-5-3-9(7-14-11)13-8-10-4-6-12(19-10)15(16)17/h3-7,13H,2,8H2,1H3. The Kier molecular flexibility index (Phi) is 3.97. The van der Waals surface area contributed by atoms with Gasteiger partial charge in [0, 0.05) is 6.07 Å². The van der Waals surface area contributed by atoms with E-state index in [9.17, 15) is 10.1 Å². The topological polar surface area (TPSA) is 90.4 Å². The molecule has 7 nitrogen and oxygen atoms in total. The highest BCUT2D eigenvalue weighted by atomic mass is 16.6. The van der Waals surface area contributed by atoms with E-state index in [1.807, 2.05) is 13.0 Å². The van der Waals surface area contributed by atoms with Gasteiger partial charge in [-0.05, 0) is 19.1 Å². The number of nitro groups is 1. The Balaban J connectivity index is 1.92. The minimum absolute atomic E-state index is 0.262. The number of rotatable bonds is 6. The van der Waals surface area contributed by atoms with Crippen LogP contribution in [0.15, 0.2) is 34.9 Å². The first-order valence-electron chi connectivity index (χ1n) is 5.75. The molecule has 19 heavy (non-hydrogen) atoms. The fourth-order valence-electron chi connectivity index (χ4n) is 1.47. The van der Waals surface area contributed by atoms with Crippen LogP contribution in [0.2, 0.25) is 0 Å². The Morgan fingerprint density at radius 1 is 1.42 bits per heavy atom. The molecule has 1 N–H and O–H groups in total. The average Bonchev–Trinajstić information content (AvgIpc) is 2.87. The summed E-state index contributed by atoms with van der Waals surface area (Å²) in [5.41, 5.74) is 0.780. The van der Waals surface area contributed by atoms with Crippen LogP contribution in [-0.4, -0.2) is 16.5 Å². The number of ether oxygens (including phenoxy) is 1. The largest absolute Gasteiger partial charge is 0.478 e. The summed E-state index contributed by atoms with van der Waals surface area (Å²) in [6.07, 6.45) is 1.63. The monoisotopic (exact) mass is 263 g/mol. The summed E-state index contributed by atoms with van der Waals surface area (Å²) in [5, 5.41) is 13.5. The van der Waals surface area contributed by atoms with E-state index in [2.05, 4.69) is 10.3 Å². The third-order valence-corrected chi connectivity index (χ3v) is 2.32. The van der Waals surface area contributed by atoms with Crippen LogP contribution in [0, 0.1) is 10.1 Å². The Morgan fingerprint density at radius 3 is 2.84 bits per heavy atom. The number of hydrogen-bond acceptors (Lipinski definition) is 6. The second-order valence-corrected chi connectivity index (χ2v) is 3.67. The Labute approximate surface area is 109 Å². The predicted octanol–water partition coefficient (Wildman–Crippen LogP) is 2.59. The second kappa shape index (κ2) is 5.85. The molecule has 0 aliphatic carbocycles. The maximum absolute atomic E-state index is 10.5. The lowest BCUT2D eigenvalue weighted by molar-refractivity contribution is -0.402. The number of nitrogens with zero attached hydrogens (tertiary/aromatic N) is 2. The van der Waals surface area contributed by atoms with Crippen molar-refractivity contribution < 1.29 is 14.1 Å². The fourth-order valence-corrected chi connectivity index (χ4v) is 1.47. The van der Waals surface area contributed by atoms with Crippen LogP contribution < -0.4 is 10.1 Å². The van der Waals surface area contributed by atoms with E-state index in [1.54, 1.807) is 18.3 Å². The molecule has 2 aromatic heterocycles. The molecule has 0 saturated carbocycles. The molecule has 0 aliphatic heterocycles. The van der Waals surface area contributed by atoms with E-state index >= 15 is 0 Å². The third-order valence-electron chi connectivity index (χ3n) is 2.32. The molecule has 0 fully saturated rings. The number of furan rings is 1. The van der Waals surface area contributed by atoms with E-state index < -0.39 is 4.92 Å². The van der Waals surface area contributed by atoms with Gasteiger partial charge < -0.3 is 14.5 Å². The van der Waals surface area contributed by atoms with Gasteiger partial charge in [-0.15, -0.1) is 0 Å². The fraction of sp³-hybridized carbons (Fsp3) is 0.250. The van der Waals surface area contributed by atoms with Crippen LogP contribution in [0.25, 0.3) is 0 Å². The second-order valence-electron chi connectivity index (χ2n) is 3.67. The molecule has 2 aromatic rings. The molecule has 0 spiro atoms. The highest BCUT2D eigenvalue weighted by molar-refractivity contribution is 5.42. The van der Waals surface area contributed by atoms with Gasteiger partial charge in [0.15, 0.2) is 0 Å². The third kappa shape index (κ3) is 3.44. The van der Waals surface area contributed by atoms with Gasteiger partial charge in [0.25, 0.3) is 0 Å². The molecule has 0 aliphatic rings. The van der Waals surface area contributed by atoms with Crippen LogP contribution >= 0.6 is 0 Å². The normalized spacial score (nSPS) is 10.2. The maximum Gasteiger partial charge on any atom is 0.433 e. The molecule has 0 radical (unpaired) electrons. The van der Waals surface area contributed by atoms with Crippen LogP contribution in [0.5, 0.6) is 5.88 Å². The minimum Gasteiger partial charge on any atom is -0.478 e. The quantitative estimate of drug-likeness (QED) is 0.636. The zero-order chi connectivity index (χ0) is 13.7. The molecule has 100 valence electrons. The molecule has 0 amide bonds. The molecule has 0 aromatic carbocycles. The highest BCUT2D eigenvalue weighted by Gasteiger charge is 2.11. The molecular weight excluding hydrogens is 250 g/mol. The Bertz CT molecular complexity index is 550. The minimum atomic E-state index is -0.568. The van der Waals surface area contributed by atoms with Crippen molar-refractivity contribution in [2.24, 2.45) is 0 Å². The summed E-state index contributed by atoms with van der Waals surface area (Å²) in [6.45, 7) is 2.80. The zero-order valence-corrected chi connectivity index (χ0v) is 10.3. The summed E-state index contributed by atoms with van der Waals surface area (Å²) in [5.74, 6) is 0.781. The zero-order valence-electron chi connectivity index (χ0n) is 10.3. The molecule has 2 heterocycles. The first-order chi connectivity index (χ1) is 9.19. The van der Waals surface area contributed by atoms with E-state index in [4.69, 9.17) is 9.15 Å². The van der Waals surface area contributed by atoms with Gasteiger partial charge >= 0.3 is 5.88 Å². The van der Waals surface area contributed by atoms with Crippen LogP contribution in [0.3, 0.4) is 0 Å². The van der Waals surface area contributed by atoms with Crippen molar-refractivity contribution in [2.75, 3.05) is 11.9 Å². The Morgan fingerprint density at radius 2 is 2.26 bits per heavy atom. The van der Waals surface area contributed by atoms with E-state index in [-0.39, 0.29) is 5.88 Å². The van der Waals surface area contributed by atoms with Crippen molar-refractivity contribution in [3.63, 3.8) is 0 Å². The maximum atomic E-state index is 10.5. The van der Waals surface area contributed by atoms with Gasteiger partial charge in [-0.1, -0.05) is 0 Å². The molecule has 0 unspecified atom stereocenters. The van der Waals surface area contributed by atoms with Crippen molar-refractivity contribution in [3.8, 4) is 5.88 Å². The van der Waals surface area contributed by atoms with Gasteiger partial charge in [-0.2, -0.15) is 0 Å². The van der Waals surface area contributed by atoms with E-state index in [0.29, 0.717) is 24.8 Å². The molecule has 0 atom stereocenters. The van der Waals surface area contributed by atoms with Gasteiger partial charge in [0.05, 0.1) is 31.1 Å². The van der Waals surface area contributed by atoms with Gasteiger partial charge in [-0.3, -0.25) is 10.1 Å². The number of aromatic nitrogens is 1. The van der Waals surface area contributed by atoms with Crippen molar-refractivity contribution in [2.45, 2.75) is 13.5 Å².